The number of carbonyl (C=O) groups excluding carboxylic acids is 2. The minimum absolute atomic E-state index is 0.253. The van der Waals surface area contributed by atoms with E-state index >= 15 is 0 Å². The average Bonchev–Trinajstić information content (AvgIpc) is 3.23. The second-order valence-corrected chi connectivity index (χ2v) is 8.39. The lowest BCUT2D eigenvalue weighted by atomic mass is 9.68. The highest BCUT2D eigenvalue weighted by Crippen LogP contribution is 2.56. The number of methoxy groups -OCH3 is 2. The van der Waals surface area contributed by atoms with Crippen molar-refractivity contribution >= 4 is 20.2 Å². The Kier molecular flexibility index (Phi) is 7.59. The fourth-order valence-electron chi connectivity index (χ4n) is 4.00. The van der Waals surface area contributed by atoms with E-state index in [0.717, 1.165) is 25.7 Å². The first-order chi connectivity index (χ1) is 13.4. The normalized spacial score (nSPS) is 17.7. The molecule has 0 spiro atoms. The van der Waals surface area contributed by atoms with E-state index in [-0.39, 0.29) is 18.0 Å². The highest BCUT2D eigenvalue weighted by Gasteiger charge is 2.61. The molecule has 1 aromatic carbocycles. The van der Waals surface area contributed by atoms with Gasteiger partial charge in [-0.25, -0.2) is 0 Å². The zero-order valence-corrected chi connectivity index (χ0v) is 18.0. The van der Waals surface area contributed by atoms with Crippen molar-refractivity contribution in [3.63, 3.8) is 0 Å². The first-order valence-electron chi connectivity index (χ1n) is 9.69. The van der Waals surface area contributed by atoms with Crippen molar-refractivity contribution in [3.8, 4) is 11.5 Å². The maximum atomic E-state index is 13.9. The van der Waals surface area contributed by atoms with Crippen molar-refractivity contribution in [2.24, 2.45) is 5.41 Å². The predicted molar refractivity (Wildman–Crippen MR) is 107 cm³/mol. The lowest BCUT2D eigenvalue weighted by Gasteiger charge is -2.39. The van der Waals surface area contributed by atoms with E-state index in [4.69, 9.17) is 14.2 Å². The summed E-state index contributed by atoms with van der Waals surface area (Å²) in [6.45, 7) is 3.82. The van der Waals surface area contributed by atoms with E-state index in [2.05, 4.69) is 0 Å². The smallest absolute Gasteiger partial charge is 0.324 e. The van der Waals surface area contributed by atoms with E-state index in [9.17, 15) is 14.2 Å². The van der Waals surface area contributed by atoms with E-state index < -0.39 is 25.0 Å². The number of carbonyl (C=O) groups is 2. The standard InChI is InChI=1S/C21H29O6P/c1-5-6-14-27-19(23)20(2,28-24)21(12-7-8-13-21)18(22)17-15(25-3)10-9-11-16(17)26-4/h9-11H,5-8,12-14H2,1-4H3. The number of rotatable bonds is 10. The Balaban J connectivity index is 2.55. The van der Waals surface area contributed by atoms with Gasteiger partial charge in [0, 0.05) is 0 Å². The van der Waals surface area contributed by atoms with Crippen LogP contribution in [0.15, 0.2) is 18.2 Å². The summed E-state index contributed by atoms with van der Waals surface area (Å²) in [5.41, 5.74) is -0.854. The molecule has 1 fully saturated rings. The number of unbranched alkanes of at least 4 members (excludes halogenated alkanes) is 1. The molecule has 2 rings (SSSR count). The van der Waals surface area contributed by atoms with Crippen molar-refractivity contribution in [2.45, 2.75) is 57.5 Å². The number of benzene rings is 1. The van der Waals surface area contributed by atoms with Crippen LogP contribution in [0.4, 0.5) is 0 Å². The summed E-state index contributed by atoms with van der Waals surface area (Å²) in [6.07, 6.45) is 4.07. The zero-order valence-electron chi connectivity index (χ0n) is 17.1. The van der Waals surface area contributed by atoms with E-state index in [1.54, 1.807) is 25.1 Å². The molecule has 1 saturated carbocycles. The molecule has 0 aromatic heterocycles. The summed E-state index contributed by atoms with van der Waals surface area (Å²) in [5.74, 6) is -0.126. The van der Waals surface area contributed by atoms with Crippen molar-refractivity contribution in [1.29, 1.82) is 0 Å². The lowest BCUT2D eigenvalue weighted by molar-refractivity contribution is -0.149. The molecule has 7 heteroatoms. The topological polar surface area (TPSA) is 78.9 Å². The highest BCUT2D eigenvalue weighted by atomic mass is 31.1. The Hall–Kier alpha value is -1.94. The Morgan fingerprint density at radius 1 is 1.14 bits per heavy atom. The van der Waals surface area contributed by atoms with Crippen LogP contribution in [-0.4, -0.2) is 37.7 Å². The molecule has 1 aliphatic carbocycles. The SMILES string of the molecule is CCCCOC(=O)C(C)(P=O)C1(C(=O)c2c(OC)cccc2OC)CCCC1. The van der Waals surface area contributed by atoms with Crippen LogP contribution in [0.25, 0.3) is 0 Å². The van der Waals surface area contributed by atoms with Gasteiger partial charge in [0.25, 0.3) is 0 Å². The highest BCUT2D eigenvalue weighted by molar-refractivity contribution is 7.28. The molecule has 0 heterocycles. The minimum Gasteiger partial charge on any atom is -0.496 e. The van der Waals surface area contributed by atoms with Gasteiger partial charge in [0.1, 0.15) is 17.1 Å². The molecule has 1 unspecified atom stereocenters. The zero-order chi connectivity index (χ0) is 20.8. The van der Waals surface area contributed by atoms with Gasteiger partial charge in [-0.05, 0) is 38.3 Å². The second kappa shape index (κ2) is 9.51. The number of hydrogen-bond donors (Lipinski definition) is 0. The third-order valence-electron chi connectivity index (χ3n) is 5.79. The number of esters is 1. The van der Waals surface area contributed by atoms with Crippen molar-refractivity contribution in [3.05, 3.63) is 23.8 Å². The predicted octanol–water partition coefficient (Wildman–Crippen LogP) is 4.84. The van der Waals surface area contributed by atoms with Crippen LogP contribution in [-0.2, 0) is 14.1 Å². The van der Waals surface area contributed by atoms with Crippen LogP contribution in [0.1, 0.15) is 62.7 Å². The molecule has 0 bridgehead atoms. The maximum Gasteiger partial charge on any atom is 0.324 e. The third kappa shape index (κ3) is 3.80. The van der Waals surface area contributed by atoms with Crippen molar-refractivity contribution in [1.82, 2.24) is 0 Å². The fraction of sp³-hybridized carbons (Fsp3) is 0.619. The van der Waals surface area contributed by atoms with Gasteiger partial charge >= 0.3 is 5.97 Å². The van der Waals surface area contributed by atoms with Gasteiger partial charge in [0.2, 0.25) is 0 Å². The molecular weight excluding hydrogens is 379 g/mol. The van der Waals surface area contributed by atoms with Crippen LogP contribution < -0.4 is 9.47 Å². The van der Waals surface area contributed by atoms with Gasteiger partial charge in [-0.2, -0.15) is 0 Å². The van der Waals surface area contributed by atoms with Gasteiger partial charge < -0.3 is 14.2 Å². The molecule has 0 aliphatic heterocycles. The summed E-state index contributed by atoms with van der Waals surface area (Å²) in [6, 6.07) is 5.11. The molecule has 0 amide bonds. The summed E-state index contributed by atoms with van der Waals surface area (Å²) in [5, 5.41) is -1.47. The molecule has 0 radical (unpaired) electrons. The molecule has 1 aliphatic rings. The largest absolute Gasteiger partial charge is 0.496 e. The second-order valence-electron chi connectivity index (χ2n) is 7.31. The molecular formula is C21H29O6P. The Bertz CT molecular complexity index is 703. The van der Waals surface area contributed by atoms with Gasteiger partial charge in [0.15, 0.2) is 19.4 Å². The molecule has 0 N–H and O–H groups in total. The lowest BCUT2D eigenvalue weighted by Crippen LogP contribution is -2.52. The van der Waals surface area contributed by atoms with E-state index in [0.29, 0.717) is 24.3 Å². The maximum absolute atomic E-state index is 13.9. The average molecular weight is 408 g/mol. The summed E-state index contributed by atoms with van der Waals surface area (Å²) in [4.78, 5) is 26.8. The fourth-order valence-corrected chi connectivity index (χ4v) is 4.64. The van der Waals surface area contributed by atoms with Gasteiger partial charge in [-0.3, -0.25) is 14.2 Å². The van der Waals surface area contributed by atoms with Crippen molar-refractivity contribution < 1.29 is 28.4 Å². The van der Waals surface area contributed by atoms with Crippen LogP contribution >= 0.6 is 8.46 Å². The molecule has 1 atom stereocenters. The quantitative estimate of drug-likeness (QED) is 0.239. The monoisotopic (exact) mass is 408 g/mol. The summed E-state index contributed by atoms with van der Waals surface area (Å²) < 4.78 is 28.5. The summed E-state index contributed by atoms with van der Waals surface area (Å²) in [7, 11) is 2.55. The minimum atomic E-state index is -1.47. The molecule has 154 valence electrons. The van der Waals surface area contributed by atoms with Gasteiger partial charge in [-0.15, -0.1) is 0 Å². The van der Waals surface area contributed by atoms with Crippen LogP contribution in [0.2, 0.25) is 0 Å². The first-order valence-corrected chi connectivity index (χ1v) is 10.5. The Morgan fingerprint density at radius 3 is 2.18 bits per heavy atom. The van der Waals surface area contributed by atoms with Crippen LogP contribution in [0, 0.1) is 5.41 Å². The first kappa shape index (κ1) is 22.4. The number of hydrogen-bond acceptors (Lipinski definition) is 6. The van der Waals surface area contributed by atoms with Crippen LogP contribution in [0.5, 0.6) is 11.5 Å². The van der Waals surface area contributed by atoms with Crippen molar-refractivity contribution in [2.75, 3.05) is 20.8 Å². The van der Waals surface area contributed by atoms with Crippen LogP contribution in [0.3, 0.4) is 0 Å². The van der Waals surface area contributed by atoms with Gasteiger partial charge in [0.05, 0.1) is 26.2 Å². The molecule has 28 heavy (non-hydrogen) atoms. The molecule has 1 aromatic rings. The number of ketones is 1. The third-order valence-corrected chi connectivity index (χ3v) is 6.77. The summed E-state index contributed by atoms with van der Waals surface area (Å²) >= 11 is 0. The van der Waals surface area contributed by atoms with E-state index in [1.807, 2.05) is 6.92 Å². The van der Waals surface area contributed by atoms with Gasteiger partial charge in [-0.1, -0.05) is 32.3 Å². The number of Topliss-reactive ketones (excluding diaryl/α,β-unsaturated/α-hetero) is 1. The number of ether oxygens (including phenoxy) is 3. The molecule has 0 saturated heterocycles. The molecule has 6 nitrogen and oxygen atoms in total. The van der Waals surface area contributed by atoms with E-state index in [1.165, 1.54) is 14.2 Å². The Morgan fingerprint density at radius 2 is 1.71 bits per heavy atom. The Labute approximate surface area is 168 Å².